The van der Waals surface area contributed by atoms with Crippen molar-refractivity contribution in [2.75, 3.05) is 39.3 Å². The molecule has 3 aromatic heterocycles. The Morgan fingerprint density at radius 1 is 0.537 bits per heavy atom. The van der Waals surface area contributed by atoms with Crippen LogP contribution < -0.4 is 16.0 Å². The van der Waals surface area contributed by atoms with E-state index in [-0.39, 0.29) is 5.41 Å². The van der Waals surface area contributed by atoms with E-state index in [0.717, 1.165) is 78.0 Å². The fourth-order valence-electron chi connectivity index (χ4n) is 10.0. The molecule has 3 fully saturated rings. The van der Waals surface area contributed by atoms with Crippen molar-refractivity contribution in [3.05, 3.63) is 159 Å². The van der Waals surface area contributed by atoms with Gasteiger partial charge in [-0.3, -0.25) is 14.5 Å². The molecule has 0 saturated carbocycles. The molecule has 67 heavy (non-hydrogen) atoms. The summed E-state index contributed by atoms with van der Waals surface area (Å²) in [6.07, 6.45) is 11.2. The van der Waals surface area contributed by atoms with Crippen LogP contribution in [0, 0.1) is 0 Å². The Bertz CT molecular complexity index is 2340. The van der Waals surface area contributed by atoms with Gasteiger partial charge in [-0.2, -0.15) is 15.3 Å². The van der Waals surface area contributed by atoms with E-state index in [1.165, 1.54) is 106 Å². The lowest BCUT2D eigenvalue weighted by Crippen LogP contribution is -2.27. The van der Waals surface area contributed by atoms with Crippen LogP contribution in [0.1, 0.15) is 185 Å². The number of aryl methyl sites for hydroxylation is 3. The first-order valence-electron chi connectivity index (χ1n) is 26.0. The molecule has 6 aromatic rings. The van der Waals surface area contributed by atoms with Crippen LogP contribution in [0.15, 0.2) is 91.0 Å². The summed E-state index contributed by atoms with van der Waals surface area (Å²) >= 11 is 0. The predicted molar refractivity (Wildman–Crippen MR) is 279 cm³/mol. The summed E-state index contributed by atoms with van der Waals surface area (Å²) in [5.74, 6) is 2.55. The van der Waals surface area contributed by atoms with Crippen LogP contribution in [0.2, 0.25) is 0 Å². The van der Waals surface area contributed by atoms with Crippen LogP contribution in [0.4, 0.5) is 0 Å². The summed E-state index contributed by atoms with van der Waals surface area (Å²) in [4.78, 5) is 0. The number of H-pyrrole nitrogens is 1. The van der Waals surface area contributed by atoms with Gasteiger partial charge in [-0.15, -0.1) is 0 Å². The normalized spacial score (nSPS) is 16.4. The van der Waals surface area contributed by atoms with E-state index < -0.39 is 0 Å². The van der Waals surface area contributed by atoms with Crippen molar-refractivity contribution in [2.24, 2.45) is 0 Å². The second-order valence-electron chi connectivity index (χ2n) is 20.7. The van der Waals surface area contributed by atoms with Crippen LogP contribution >= 0.6 is 0 Å². The van der Waals surface area contributed by atoms with Crippen molar-refractivity contribution < 1.29 is 0 Å². The number of hydrogen-bond donors (Lipinski definition) is 4. The zero-order valence-corrected chi connectivity index (χ0v) is 42.4. The third-order valence-electron chi connectivity index (χ3n) is 14.3. The monoisotopic (exact) mass is 906 g/mol. The van der Waals surface area contributed by atoms with Gasteiger partial charge in [-0.25, -0.2) is 0 Å². The molecule has 0 spiro atoms. The van der Waals surface area contributed by atoms with Crippen molar-refractivity contribution in [3.63, 3.8) is 0 Å². The summed E-state index contributed by atoms with van der Waals surface area (Å²) in [6.45, 7) is 26.5. The molecular formula is C58H83N9. The minimum atomic E-state index is 0.213. The van der Waals surface area contributed by atoms with E-state index in [2.05, 4.69) is 182 Å². The highest BCUT2D eigenvalue weighted by Gasteiger charge is 2.23. The van der Waals surface area contributed by atoms with Crippen LogP contribution in [0.5, 0.6) is 0 Å². The van der Waals surface area contributed by atoms with Gasteiger partial charge in [0.05, 0.1) is 17.1 Å². The molecule has 0 aliphatic carbocycles. The number of benzene rings is 3. The highest BCUT2D eigenvalue weighted by atomic mass is 15.3. The van der Waals surface area contributed by atoms with Gasteiger partial charge in [0.25, 0.3) is 0 Å². The van der Waals surface area contributed by atoms with E-state index in [0.29, 0.717) is 23.7 Å². The standard InChI is InChI=1S/C21H31N3.C20H29N3.C17H23N3/c1-5-24-20(17-10-12-22-13-11-17)15-19(23-24)14-16-6-8-18(9-7-16)21(2,3)4;1-4-23-20(18-9-11-21-12-10-18)14-19(22-23)13-16-5-7-17(8-6-16)15(2)3;1-2-13-3-5-14(6-4-13)11-16-12-17(20-19-16)15-7-9-18-10-8-15/h6-9,15,17,22H,5,10-14H2,1-4H3;5-8,14-15,18,21H,4,9-13H2,1-3H3;3-6,12,15,18H,2,7-11H2,1H3,(H,19,20). The molecule has 9 heteroatoms. The van der Waals surface area contributed by atoms with Crippen LogP contribution in [-0.4, -0.2) is 69.0 Å². The molecule has 9 rings (SSSR count). The predicted octanol–water partition coefficient (Wildman–Crippen LogP) is 11.4. The Morgan fingerprint density at radius 2 is 0.955 bits per heavy atom. The van der Waals surface area contributed by atoms with Crippen molar-refractivity contribution in [1.82, 2.24) is 45.7 Å². The number of rotatable bonds is 13. The molecule has 3 saturated heterocycles. The summed E-state index contributed by atoms with van der Waals surface area (Å²) in [5, 5.41) is 27.8. The number of aromatic amines is 1. The number of piperidine rings is 3. The fraction of sp³-hybridized carbons (Fsp3) is 0.534. The van der Waals surface area contributed by atoms with Crippen molar-refractivity contribution >= 4 is 0 Å². The summed E-state index contributed by atoms with van der Waals surface area (Å²) < 4.78 is 4.43. The molecule has 9 nitrogen and oxygen atoms in total. The molecule has 3 aliphatic heterocycles. The number of nitrogens with zero attached hydrogens (tertiary/aromatic N) is 5. The van der Waals surface area contributed by atoms with E-state index in [1.54, 1.807) is 0 Å². The van der Waals surface area contributed by atoms with E-state index in [4.69, 9.17) is 10.2 Å². The van der Waals surface area contributed by atoms with Crippen LogP contribution in [0.3, 0.4) is 0 Å². The van der Waals surface area contributed by atoms with Gasteiger partial charge in [-0.05, 0) is 161 Å². The van der Waals surface area contributed by atoms with Crippen molar-refractivity contribution in [1.29, 1.82) is 0 Å². The van der Waals surface area contributed by atoms with Crippen molar-refractivity contribution in [3.8, 4) is 0 Å². The van der Waals surface area contributed by atoms with Gasteiger partial charge in [-0.1, -0.05) is 114 Å². The molecular weight excluding hydrogens is 823 g/mol. The maximum Gasteiger partial charge on any atom is 0.0671 e. The third kappa shape index (κ3) is 14.3. The lowest BCUT2D eigenvalue weighted by atomic mass is 9.86. The first-order chi connectivity index (χ1) is 32.5. The highest BCUT2D eigenvalue weighted by molar-refractivity contribution is 5.32. The molecule has 3 aromatic carbocycles. The maximum absolute atomic E-state index is 4.87. The molecule has 0 bridgehead atoms. The van der Waals surface area contributed by atoms with Gasteiger partial charge in [0.2, 0.25) is 0 Å². The molecule has 0 unspecified atom stereocenters. The minimum absolute atomic E-state index is 0.213. The van der Waals surface area contributed by atoms with Gasteiger partial charge in [0.1, 0.15) is 0 Å². The molecule has 4 N–H and O–H groups in total. The Morgan fingerprint density at radius 3 is 1.39 bits per heavy atom. The fourth-order valence-corrected chi connectivity index (χ4v) is 10.0. The Balaban J connectivity index is 0.000000150. The molecule has 6 heterocycles. The number of hydrogen-bond acceptors (Lipinski definition) is 6. The van der Waals surface area contributed by atoms with E-state index in [9.17, 15) is 0 Å². The van der Waals surface area contributed by atoms with Gasteiger partial charge in [0, 0.05) is 67.2 Å². The van der Waals surface area contributed by atoms with Crippen molar-refractivity contribution in [2.45, 2.75) is 162 Å². The summed E-state index contributed by atoms with van der Waals surface area (Å²) in [5.41, 5.74) is 16.2. The largest absolute Gasteiger partial charge is 0.317 e. The first-order valence-corrected chi connectivity index (χ1v) is 26.0. The average Bonchev–Trinajstić information content (AvgIpc) is 4.12. The SMILES string of the molecule is CCc1ccc(Cc2cc(C3CCNCC3)n[nH]2)cc1.CCn1nc(Cc2ccc(C(C)(C)C)cc2)cc1C1CCNCC1.CCn1nc(Cc2ccc(C(C)C)cc2)cc1C1CCNCC1. The summed E-state index contributed by atoms with van der Waals surface area (Å²) in [6, 6.07) is 33.9. The molecule has 0 atom stereocenters. The number of nitrogens with one attached hydrogen (secondary N) is 4. The average molecular weight is 906 g/mol. The molecule has 0 radical (unpaired) electrons. The van der Waals surface area contributed by atoms with E-state index in [1.807, 2.05) is 0 Å². The highest BCUT2D eigenvalue weighted by Crippen LogP contribution is 2.30. The molecule has 360 valence electrons. The molecule has 0 amide bonds. The smallest absolute Gasteiger partial charge is 0.0671 e. The minimum Gasteiger partial charge on any atom is -0.317 e. The molecule has 3 aliphatic rings. The zero-order chi connectivity index (χ0) is 47.2. The quantitative estimate of drug-likeness (QED) is 0.0921. The first kappa shape index (κ1) is 50.1. The Kier molecular flexibility index (Phi) is 18.3. The lowest BCUT2D eigenvalue weighted by molar-refractivity contribution is 0.432. The zero-order valence-electron chi connectivity index (χ0n) is 42.4. The van der Waals surface area contributed by atoms with Crippen LogP contribution in [-0.2, 0) is 44.2 Å². The number of aromatic nitrogens is 6. The second-order valence-corrected chi connectivity index (χ2v) is 20.7. The van der Waals surface area contributed by atoms with Gasteiger partial charge < -0.3 is 16.0 Å². The third-order valence-corrected chi connectivity index (χ3v) is 14.3. The summed E-state index contributed by atoms with van der Waals surface area (Å²) in [7, 11) is 0. The van der Waals surface area contributed by atoms with E-state index >= 15 is 0 Å². The maximum atomic E-state index is 4.87. The lowest BCUT2D eigenvalue weighted by Gasteiger charge is -2.23. The second kappa shape index (κ2) is 24.5. The Hall–Kier alpha value is -4.83. The topological polar surface area (TPSA) is 100 Å². The van der Waals surface area contributed by atoms with Gasteiger partial charge in [0.15, 0.2) is 0 Å². The Labute approximate surface area is 403 Å². The van der Waals surface area contributed by atoms with Gasteiger partial charge >= 0.3 is 0 Å². The van der Waals surface area contributed by atoms with Crippen LogP contribution in [0.25, 0.3) is 0 Å².